The van der Waals surface area contributed by atoms with Gasteiger partial charge in [0.1, 0.15) is 5.75 Å². The van der Waals surface area contributed by atoms with Gasteiger partial charge in [-0.2, -0.15) is 5.10 Å². The molecule has 1 aromatic heterocycles. The average molecular weight is 356 g/mol. The quantitative estimate of drug-likeness (QED) is 0.562. The molecule has 1 N–H and O–H groups in total. The fraction of sp³-hybridized carbons (Fsp3) is 0.158. The van der Waals surface area contributed by atoms with Crippen LogP contribution in [0, 0.1) is 0 Å². The van der Waals surface area contributed by atoms with Gasteiger partial charge in [-0.05, 0) is 29.8 Å². The van der Waals surface area contributed by atoms with Crippen molar-refractivity contribution in [3.63, 3.8) is 0 Å². The molecule has 5 nitrogen and oxygen atoms in total. The van der Waals surface area contributed by atoms with Crippen molar-refractivity contribution >= 4 is 34.6 Å². The second-order valence-electron chi connectivity index (χ2n) is 5.64. The lowest BCUT2D eigenvalue weighted by Gasteiger charge is -2.06. The molecule has 0 atom stereocenters. The molecule has 0 aliphatic carbocycles. The van der Waals surface area contributed by atoms with Crippen molar-refractivity contribution in [3.05, 3.63) is 64.8 Å². The number of nitrogens with zero attached hydrogens (tertiary/aromatic N) is 2. The van der Waals surface area contributed by atoms with Crippen LogP contribution >= 0.6 is 11.6 Å². The van der Waals surface area contributed by atoms with Crippen molar-refractivity contribution in [3.8, 4) is 5.75 Å². The summed E-state index contributed by atoms with van der Waals surface area (Å²) in [5.41, 5.74) is 5.29. The molecule has 0 bridgehead atoms. The zero-order valence-electron chi connectivity index (χ0n) is 14.0. The molecule has 0 aliphatic rings. The summed E-state index contributed by atoms with van der Waals surface area (Å²) in [6.45, 7) is 0. The van der Waals surface area contributed by atoms with Crippen LogP contribution in [0.15, 0.2) is 53.8 Å². The number of aromatic nitrogens is 1. The molecule has 3 aromatic rings. The number of hydrogen-bond acceptors (Lipinski definition) is 3. The first-order chi connectivity index (χ1) is 12.1. The van der Waals surface area contributed by atoms with Gasteiger partial charge in [0.05, 0.1) is 19.7 Å². The molecule has 3 rings (SSSR count). The van der Waals surface area contributed by atoms with Crippen LogP contribution in [0.2, 0.25) is 5.02 Å². The van der Waals surface area contributed by atoms with Crippen LogP contribution in [0.5, 0.6) is 5.75 Å². The van der Waals surface area contributed by atoms with Crippen LogP contribution in [0.4, 0.5) is 0 Å². The Kier molecular flexibility index (Phi) is 5.05. The molecule has 2 aromatic carbocycles. The molecule has 128 valence electrons. The third kappa shape index (κ3) is 3.83. The summed E-state index contributed by atoms with van der Waals surface area (Å²) in [6, 6.07) is 13.2. The van der Waals surface area contributed by atoms with Crippen LogP contribution in [-0.2, 0) is 18.3 Å². The average Bonchev–Trinajstić information content (AvgIpc) is 2.93. The second-order valence-corrected chi connectivity index (χ2v) is 6.05. The van der Waals surface area contributed by atoms with Crippen molar-refractivity contribution in [1.29, 1.82) is 0 Å². The van der Waals surface area contributed by atoms with E-state index in [0.29, 0.717) is 16.3 Å². The number of aryl methyl sites for hydroxylation is 1. The summed E-state index contributed by atoms with van der Waals surface area (Å²) < 4.78 is 7.17. The molecule has 0 spiro atoms. The number of nitrogens with one attached hydrogen (secondary N) is 1. The van der Waals surface area contributed by atoms with Crippen LogP contribution in [0.1, 0.15) is 11.1 Å². The van der Waals surface area contributed by atoms with Gasteiger partial charge < -0.3 is 9.30 Å². The molecule has 0 fully saturated rings. The van der Waals surface area contributed by atoms with Gasteiger partial charge in [-0.25, -0.2) is 5.43 Å². The molecule has 0 radical (unpaired) electrons. The normalized spacial score (nSPS) is 11.2. The van der Waals surface area contributed by atoms with E-state index in [2.05, 4.69) is 10.5 Å². The van der Waals surface area contributed by atoms with Gasteiger partial charge in [-0.1, -0.05) is 29.8 Å². The lowest BCUT2D eigenvalue weighted by Crippen LogP contribution is -2.20. The van der Waals surface area contributed by atoms with Gasteiger partial charge in [-0.15, -0.1) is 0 Å². The maximum atomic E-state index is 12.1. The van der Waals surface area contributed by atoms with Gasteiger partial charge in [0.25, 0.3) is 0 Å². The molecule has 0 unspecified atom stereocenters. The number of fused-ring (bicyclic) bond motifs is 1. The minimum absolute atomic E-state index is 0.128. The largest absolute Gasteiger partial charge is 0.497 e. The first-order valence-corrected chi connectivity index (χ1v) is 8.14. The van der Waals surface area contributed by atoms with Gasteiger partial charge >= 0.3 is 0 Å². The van der Waals surface area contributed by atoms with E-state index < -0.39 is 0 Å². The highest BCUT2D eigenvalue weighted by molar-refractivity contribution is 6.31. The standard InChI is InChI=1S/C19H18ClN3O2/c1-23-12-14(16-5-3-4-6-18(16)23)11-21-22-19(24)10-13-9-15(25-2)7-8-17(13)20/h3-9,11-12H,10H2,1-2H3,(H,22,24)/b21-11+. The number of methoxy groups -OCH3 is 1. The molecular formula is C19H18ClN3O2. The second kappa shape index (κ2) is 7.40. The smallest absolute Gasteiger partial charge is 0.244 e. The molecule has 0 aliphatic heterocycles. The Morgan fingerprint density at radius 2 is 2.12 bits per heavy atom. The number of carbonyl (C=O) groups excluding carboxylic acids is 1. The maximum Gasteiger partial charge on any atom is 0.244 e. The lowest BCUT2D eigenvalue weighted by atomic mass is 10.1. The minimum Gasteiger partial charge on any atom is -0.497 e. The zero-order valence-corrected chi connectivity index (χ0v) is 14.7. The van der Waals surface area contributed by atoms with E-state index in [9.17, 15) is 4.79 Å². The third-order valence-corrected chi connectivity index (χ3v) is 4.29. The number of hydrogen-bond donors (Lipinski definition) is 1. The number of benzene rings is 2. The van der Waals surface area contributed by atoms with E-state index >= 15 is 0 Å². The molecule has 6 heteroatoms. The predicted octanol–water partition coefficient (Wildman–Crippen LogP) is 3.53. The Morgan fingerprint density at radius 3 is 2.92 bits per heavy atom. The number of carbonyl (C=O) groups is 1. The van der Waals surface area contributed by atoms with Gasteiger partial charge in [-0.3, -0.25) is 4.79 Å². The van der Waals surface area contributed by atoms with Crippen molar-refractivity contribution < 1.29 is 9.53 Å². The summed E-state index contributed by atoms with van der Waals surface area (Å²) in [4.78, 5) is 12.1. The van der Waals surface area contributed by atoms with E-state index in [1.165, 1.54) is 0 Å². The first kappa shape index (κ1) is 17.0. The Labute approximate surface area is 150 Å². The number of rotatable bonds is 5. The number of amides is 1. The summed E-state index contributed by atoms with van der Waals surface area (Å²) in [6.07, 6.45) is 3.75. The topological polar surface area (TPSA) is 55.6 Å². The zero-order chi connectivity index (χ0) is 17.8. The SMILES string of the molecule is COc1ccc(Cl)c(CC(=O)N/N=C/c2cn(C)c3ccccc23)c1. The van der Waals surface area contributed by atoms with Crippen molar-refractivity contribution in [2.45, 2.75) is 6.42 Å². The lowest BCUT2D eigenvalue weighted by molar-refractivity contribution is -0.120. The van der Waals surface area contributed by atoms with E-state index in [1.54, 1.807) is 31.5 Å². The molecule has 25 heavy (non-hydrogen) atoms. The molecule has 0 saturated carbocycles. The summed E-state index contributed by atoms with van der Waals surface area (Å²) in [5.74, 6) is 0.415. The van der Waals surface area contributed by atoms with Crippen molar-refractivity contribution in [1.82, 2.24) is 9.99 Å². The van der Waals surface area contributed by atoms with Crippen molar-refractivity contribution in [2.75, 3.05) is 7.11 Å². The van der Waals surface area contributed by atoms with E-state index in [0.717, 1.165) is 16.5 Å². The molecule has 0 saturated heterocycles. The number of para-hydroxylation sites is 1. The fourth-order valence-corrected chi connectivity index (χ4v) is 2.86. The fourth-order valence-electron chi connectivity index (χ4n) is 2.68. The minimum atomic E-state index is -0.244. The van der Waals surface area contributed by atoms with Crippen LogP contribution in [-0.4, -0.2) is 23.8 Å². The van der Waals surface area contributed by atoms with E-state index in [-0.39, 0.29) is 12.3 Å². The van der Waals surface area contributed by atoms with Crippen molar-refractivity contribution in [2.24, 2.45) is 12.1 Å². The number of hydrazone groups is 1. The maximum absolute atomic E-state index is 12.1. The Morgan fingerprint density at radius 1 is 1.32 bits per heavy atom. The molecule has 1 heterocycles. The highest BCUT2D eigenvalue weighted by atomic mass is 35.5. The van der Waals surface area contributed by atoms with Crippen LogP contribution in [0.3, 0.4) is 0 Å². The number of halogens is 1. The monoisotopic (exact) mass is 355 g/mol. The highest BCUT2D eigenvalue weighted by Crippen LogP contribution is 2.22. The Balaban J connectivity index is 1.69. The first-order valence-electron chi connectivity index (χ1n) is 7.77. The highest BCUT2D eigenvalue weighted by Gasteiger charge is 2.08. The van der Waals surface area contributed by atoms with Gasteiger partial charge in [0.15, 0.2) is 0 Å². The molecular weight excluding hydrogens is 338 g/mol. The van der Waals surface area contributed by atoms with Gasteiger partial charge in [0.2, 0.25) is 5.91 Å². The van der Waals surface area contributed by atoms with Crippen LogP contribution < -0.4 is 10.2 Å². The summed E-state index contributed by atoms with van der Waals surface area (Å²) in [5, 5.41) is 5.67. The van der Waals surface area contributed by atoms with E-state index in [4.69, 9.17) is 16.3 Å². The summed E-state index contributed by atoms with van der Waals surface area (Å²) >= 11 is 6.12. The van der Waals surface area contributed by atoms with E-state index in [1.807, 2.05) is 42.1 Å². The molecule has 1 amide bonds. The third-order valence-electron chi connectivity index (χ3n) is 3.92. The summed E-state index contributed by atoms with van der Waals surface area (Å²) in [7, 11) is 3.55. The van der Waals surface area contributed by atoms with Crippen LogP contribution in [0.25, 0.3) is 10.9 Å². The Hall–Kier alpha value is -2.79. The predicted molar refractivity (Wildman–Crippen MR) is 100 cm³/mol. The van der Waals surface area contributed by atoms with Gasteiger partial charge in [0, 0.05) is 34.7 Å². The Bertz CT molecular complexity index is 947. The number of ether oxygens (including phenoxy) is 1.